The fourth-order valence-electron chi connectivity index (χ4n) is 1.75. The van der Waals surface area contributed by atoms with E-state index in [0.717, 1.165) is 13.1 Å². The van der Waals surface area contributed by atoms with Crippen molar-refractivity contribution in [3.8, 4) is 0 Å². The molecule has 0 aliphatic heterocycles. The van der Waals surface area contributed by atoms with E-state index in [2.05, 4.69) is 42.7 Å². The van der Waals surface area contributed by atoms with Crippen molar-refractivity contribution in [3.63, 3.8) is 0 Å². The monoisotopic (exact) mass is 209 g/mol. The van der Waals surface area contributed by atoms with Crippen LogP contribution in [0.2, 0.25) is 0 Å². The first-order chi connectivity index (χ1) is 7.16. The molecule has 3 heteroatoms. The highest BCUT2D eigenvalue weighted by Crippen LogP contribution is 2.21. The Morgan fingerprint density at radius 1 is 1.47 bits per heavy atom. The number of aromatic nitrogens is 2. The van der Waals surface area contributed by atoms with Crippen LogP contribution >= 0.6 is 0 Å². The Hall–Kier alpha value is -0.830. The summed E-state index contributed by atoms with van der Waals surface area (Å²) in [6.07, 6.45) is 5.08. The van der Waals surface area contributed by atoms with Crippen molar-refractivity contribution in [2.75, 3.05) is 13.1 Å². The smallest absolute Gasteiger partial charge is 0.111 e. The predicted octanol–water partition coefficient (Wildman–Crippen LogP) is 2.16. The van der Waals surface area contributed by atoms with Crippen molar-refractivity contribution in [2.24, 2.45) is 13.0 Å². The van der Waals surface area contributed by atoms with Gasteiger partial charge in [0.2, 0.25) is 0 Å². The summed E-state index contributed by atoms with van der Waals surface area (Å²) in [5.74, 6) is 2.31. The molecule has 0 fully saturated rings. The Morgan fingerprint density at radius 2 is 2.20 bits per heavy atom. The van der Waals surface area contributed by atoms with Gasteiger partial charge >= 0.3 is 0 Å². The second-order valence-corrected chi connectivity index (χ2v) is 4.37. The maximum absolute atomic E-state index is 4.40. The zero-order chi connectivity index (χ0) is 11.3. The number of nitrogens with one attached hydrogen (secondary N) is 1. The van der Waals surface area contributed by atoms with Crippen LogP contribution in [-0.4, -0.2) is 22.6 Å². The van der Waals surface area contributed by atoms with E-state index in [-0.39, 0.29) is 0 Å². The van der Waals surface area contributed by atoms with Crippen LogP contribution in [0.5, 0.6) is 0 Å². The van der Waals surface area contributed by atoms with Gasteiger partial charge in [-0.2, -0.15) is 0 Å². The van der Waals surface area contributed by atoms with Crippen LogP contribution in [0.1, 0.15) is 38.9 Å². The lowest BCUT2D eigenvalue weighted by atomic mass is 9.95. The third-order valence-corrected chi connectivity index (χ3v) is 3.01. The van der Waals surface area contributed by atoms with E-state index >= 15 is 0 Å². The fraction of sp³-hybridized carbons (Fsp3) is 0.750. The van der Waals surface area contributed by atoms with E-state index < -0.39 is 0 Å². The molecule has 1 rings (SSSR count). The predicted molar refractivity (Wildman–Crippen MR) is 63.9 cm³/mol. The van der Waals surface area contributed by atoms with Gasteiger partial charge < -0.3 is 9.88 Å². The van der Waals surface area contributed by atoms with Gasteiger partial charge in [-0.05, 0) is 25.4 Å². The molecule has 0 radical (unpaired) electrons. The highest BCUT2D eigenvalue weighted by atomic mass is 15.0. The van der Waals surface area contributed by atoms with E-state index in [0.29, 0.717) is 11.8 Å². The van der Waals surface area contributed by atoms with E-state index in [9.17, 15) is 0 Å². The molecule has 86 valence electrons. The second kappa shape index (κ2) is 5.91. The largest absolute Gasteiger partial charge is 0.338 e. The lowest BCUT2D eigenvalue weighted by molar-refractivity contribution is 0.427. The van der Waals surface area contributed by atoms with Gasteiger partial charge in [0, 0.05) is 25.4 Å². The second-order valence-electron chi connectivity index (χ2n) is 4.37. The molecule has 1 aromatic rings. The summed E-state index contributed by atoms with van der Waals surface area (Å²) in [7, 11) is 2.06. The first kappa shape index (κ1) is 12.2. The molecular weight excluding hydrogens is 186 g/mol. The van der Waals surface area contributed by atoms with E-state index in [1.54, 1.807) is 0 Å². The van der Waals surface area contributed by atoms with Crippen LogP contribution in [0.15, 0.2) is 12.4 Å². The minimum absolute atomic E-state index is 0.509. The van der Waals surface area contributed by atoms with Crippen LogP contribution in [0.25, 0.3) is 0 Å². The van der Waals surface area contributed by atoms with Gasteiger partial charge in [0.15, 0.2) is 0 Å². The van der Waals surface area contributed by atoms with Crippen molar-refractivity contribution in [1.82, 2.24) is 14.9 Å². The Bertz CT molecular complexity index is 280. The van der Waals surface area contributed by atoms with Crippen molar-refractivity contribution >= 4 is 0 Å². The first-order valence-electron chi connectivity index (χ1n) is 5.84. The summed E-state index contributed by atoms with van der Waals surface area (Å²) in [5, 5.41) is 3.46. The molecule has 0 aliphatic carbocycles. The first-order valence-corrected chi connectivity index (χ1v) is 5.84. The number of aryl methyl sites for hydroxylation is 1. The highest BCUT2D eigenvalue weighted by molar-refractivity contribution is 5.00. The van der Waals surface area contributed by atoms with Crippen LogP contribution in [0.4, 0.5) is 0 Å². The normalized spacial score (nSPS) is 15.2. The lowest BCUT2D eigenvalue weighted by Gasteiger charge is -2.20. The Labute approximate surface area is 92.9 Å². The standard InChI is InChI=1S/C12H23N3/c1-5-6-13-9-10(2)11(3)12-14-7-8-15(12)4/h7-8,10-11,13H,5-6,9H2,1-4H3. The average Bonchev–Trinajstić information content (AvgIpc) is 2.63. The number of nitrogens with zero attached hydrogens (tertiary/aromatic N) is 2. The van der Waals surface area contributed by atoms with Gasteiger partial charge in [-0.3, -0.25) is 0 Å². The summed E-state index contributed by atoms with van der Waals surface area (Å²) in [5.41, 5.74) is 0. The molecular formula is C12H23N3. The molecule has 1 heterocycles. The SMILES string of the molecule is CCCNCC(C)C(C)c1nccn1C. The molecule has 0 saturated heterocycles. The van der Waals surface area contributed by atoms with E-state index in [4.69, 9.17) is 0 Å². The summed E-state index contributed by atoms with van der Waals surface area (Å²) in [4.78, 5) is 4.40. The Balaban J connectivity index is 2.46. The number of hydrogen-bond acceptors (Lipinski definition) is 2. The van der Waals surface area contributed by atoms with E-state index in [1.807, 2.05) is 12.4 Å². The fourth-order valence-corrected chi connectivity index (χ4v) is 1.75. The molecule has 2 unspecified atom stereocenters. The molecule has 0 aromatic carbocycles. The highest BCUT2D eigenvalue weighted by Gasteiger charge is 2.17. The summed E-state index contributed by atoms with van der Waals surface area (Å²) < 4.78 is 2.11. The van der Waals surface area contributed by atoms with Crippen molar-refractivity contribution < 1.29 is 0 Å². The van der Waals surface area contributed by atoms with Crippen LogP contribution < -0.4 is 5.32 Å². The number of hydrogen-bond donors (Lipinski definition) is 1. The molecule has 2 atom stereocenters. The molecule has 1 N–H and O–H groups in total. The van der Waals surface area contributed by atoms with Crippen molar-refractivity contribution in [1.29, 1.82) is 0 Å². The maximum atomic E-state index is 4.40. The quantitative estimate of drug-likeness (QED) is 0.728. The van der Waals surface area contributed by atoms with Gasteiger partial charge in [-0.15, -0.1) is 0 Å². The average molecular weight is 209 g/mol. The topological polar surface area (TPSA) is 29.9 Å². The molecule has 1 aromatic heterocycles. The van der Waals surface area contributed by atoms with Crippen LogP contribution in [0.3, 0.4) is 0 Å². The molecule has 0 bridgehead atoms. The summed E-state index contributed by atoms with van der Waals surface area (Å²) >= 11 is 0. The van der Waals surface area contributed by atoms with Gasteiger partial charge in [0.05, 0.1) is 0 Å². The van der Waals surface area contributed by atoms with Crippen molar-refractivity contribution in [3.05, 3.63) is 18.2 Å². The summed E-state index contributed by atoms with van der Waals surface area (Å²) in [6, 6.07) is 0. The van der Waals surface area contributed by atoms with Crippen molar-refractivity contribution in [2.45, 2.75) is 33.1 Å². The molecule has 0 saturated carbocycles. The van der Waals surface area contributed by atoms with Gasteiger partial charge in [-0.25, -0.2) is 4.98 Å². The third-order valence-electron chi connectivity index (χ3n) is 3.01. The molecule has 0 spiro atoms. The Morgan fingerprint density at radius 3 is 2.73 bits per heavy atom. The Kier molecular flexibility index (Phi) is 4.82. The maximum Gasteiger partial charge on any atom is 0.111 e. The molecule has 15 heavy (non-hydrogen) atoms. The molecule has 0 amide bonds. The minimum atomic E-state index is 0.509. The van der Waals surface area contributed by atoms with Crippen LogP contribution in [-0.2, 0) is 7.05 Å². The number of rotatable bonds is 6. The zero-order valence-corrected chi connectivity index (χ0v) is 10.3. The van der Waals surface area contributed by atoms with Gasteiger partial charge in [0.25, 0.3) is 0 Å². The zero-order valence-electron chi connectivity index (χ0n) is 10.3. The third kappa shape index (κ3) is 3.34. The van der Waals surface area contributed by atoms with Gasteiger partial charge in [-0.1, -0.05) is 20.8 Å². The minimum Gasteiger partial charge on any atom is -0.338 e. The van der Waals surface area contributed by atoms with Crippen LogP contribution in [0, 0.1) is 5.92 Å². The molecule has 3 nitrogen and oxygen atoms in total. The number of imidazole rings is 1. The molecule has 0 aliphatic rings. The summed E-state index contributed by atoms with van der Waals surface area (Å²) in [6.45, 7) is 8.90. The lowest BCUT2D eigenvalue weighted by Crippen LogP contribution is -2.26. The van der Waals surface area contributed by atoms with E-state index in [1.165, 1.54) is 12.2 Å². The van der Waals surface area contributed by atoms with Gasteiger partial charge in [0.1, 0.15) is 5.82 Å².